The number of halogens is 1. The van der Waals surface area contributed by atoms with Crippen LogP contribution in [0.4, 0.5) is 0 Å². The minimum atomic E-state index is -3.75. The highest BCUT2D eigenvalue weighted by Crippen LogP contribution is 2.25. The van der Waals surface area contributed by atoms with E-state index < -0.39 is 19.1 Å². The van der Waals surface area contributed by atoms with Gasteiger partial charge in [-0.15, -0.1) is 11.3 Å². The highest BCUT2D eigenvalue weighted by Gasteiger charge is 2.18. The minimum absolute atomic E-state index is 0.0167. The lowest BCUT2D eigenvalue weighted by atomic mass is 9.94. The SMILES string of the molecule is CC(C)(C)CCS(=O)(=O)NCc1ccc(S(=O)(=O)Cl)s1. The fourth-order valence-corrected chi connectivity index (χ4v) is 4.83. The van der Waals surface area contributed by atoms with Crippen LogP contribution in [0.15, 0.2) is 16.3 Å². The molecule has 0 bridgehead atoms. The summed E-state index contributed by atoms with van der Waals surface area (Å²) >= 11 is 0.957. The van der Waals surface area contributed by atoms with Gasteiger partial charge in [-0.3, -0.25) is 0 Å². The van der Waals surface area contributed by atoms with E-state index in [1.807, 2.05) is 20.8 Å². The first-order valence-corrected chi connectivity index (χ1v) is 10.7. The summed E-state index contributed by atoms with van der Waals surface area (Å²) in [4.78, 5) is 0.601. The Morgan fingerprint density at radius 1 is 1.20 bits per heavy atom. The molecule has 0 saturated carbocycles. The molecule has 0 saturated heterocycles. The van der Waals surface area contributed by atoms with E-state index in [-0.39, 0.29) is 21.9 Å². The largest absolute Gasteiger partial charge is 0.270 e. The molecule has 0 unspecified atom stereocenters. The topological polar surface area (TPSA) is 80.3 Å². The van der Waals surface area contributed by atoms with E-state index in [9.17, 15) is 16.8 Å². The number of hydrogen-bond donors (Lipinski definition) is 1. The lowest BCUT2D eigenvalue weighted by Crippen LogP contribution is -2.27. The molecule has 20 heavy (non-hydrogen) atoms. The third-order valence-corrected chi connectivity index (χ3v) is 6.97. The van der Waals surface area contributed by atoms with Crippen molar-refractivity contribution in [2.24, 2.45) is 5.41 Å². The Morgan fingerprint density at radius 2 is 1.80 bits per heavy atom. The molecular weight excluding hydrogens is 342 g/mol. The molecule has 0 fully saturated rings. The molecule has 0 radical (unpaired) electrons. The van der Waals surface area contributed by atoms with Crippen molar-refractivity contribution >= 4 is 41.1 Å². The second-order valence-electron chi connectivity index (χ2n) is 5.61. The molecule has 0 atom stereocenters. The summed E-state index contributed by atoms with van der Waals surface area (Å²) in [5.41, 5.74) is -0.0580. The van der Waals surface area contributed by atoms with Crippen LogP contribution in [0, 0.1) is 5.41 Å². The second kappa shape index (κ2) is 6.31. The van der Waals surface area contributed by atoms with E-state index in [2.05, 4.69) is 4.72 Å². The summed E-state index contributed by atoms with van der Waals surface area (Å²) in [5, 5.41) is 0. The third kappa shape index (κ3) is 6.53. The van der Waals surface area contributed by atoms with Crippen LogP contribution in [-0.2, 0) is 25.6 Å². The van der Waals surface area contributed by atoms with Crippen molar-refractivity contribution in [2.45, 2.75) is 37.9 Å². The summed E-state index contributed by atoms with van der Waals surface area (Å²) < 4.78 is 48.3. The van der Waals surface area contributed by atoms with Gasteiger partial charge in [0, 0.05) is 22.1 Å². The van der Waals surface area contributed by atoms with Gasteiger partial charge < -0.3 is 0 Å². The number of sulfonamides is 1. The molecule has 0 aliphatic heterocycles. The van der Waals surface area contributed by atoms with Crippen molar-refractivity contribution < 1.29 is 16.8 Å². The second-order valence-corrected chi connectivity index (χ2v) is 11.5. The molecule has 1 rings (SSSR count). The number of hydrogen-bond acceptors (Lipinski definition) is 5. The molecule has 0 aliphatic carbocycles. The van der Waals surface area contributed by atoms with E-state index in [1.165, 1.54) is 6.07 Å². The van der Waals surface area contributed by atoms with Gasteiger partial charge in [0.15, 0.2) is 0 Å². The van der Waals surface area contributed by atoms with Crippen LogP contribution in [0.5, 0.6) is 0 Å². The highest BCUT2D eigenvalue weighted by atomic mass is 35.7. The van der Waals surface area contributed by atoms with Crippen LogP contribution in [0.1, 0.15) is 32.1 Å². The Hall–Kier alpha value is -0.150. The molecular formula is C11H18ClNO4S3. The smallest absolute Gasteiger partial charge is 0.212 e. The van der Waals surface area contributed by atoms with Gasteiger partial charge >= 0.3 is 0 Å². The molecule has 1 N–H and O–H groups in total. The average Bonchev–Trinajstić information content (AvgIpc) is 2.71. The fraction of sp³-hybridized carbons (Fsp3) is 0.636. The number of rotatable bonds is 6. The molecule has 0 aliphatic rings. The number of nitrogens with one attached hydrogen (secondary N) is 1. The Labute approximate surface area is 128 Å². The summed E-state index contributed by atoms with van der Waals surface area (Å²) in [6.07, 6.45) is 0.550. The van der Waals surface area contributed by atoms with E-state index in [0.29, 0.717) is 11.3 Å². The molecule has 0 spiro atoms. The van der Waals surface area contributed by atoms with Crippen molar-refractivity contribution in [1.29, 1.82) is 0 Å². The van der Waals surface area contributed by atoms with Gasteiger partial charge in [0.05, 0.1) is 5.75 Å². The van der Waals surface area contributed by atoms with Crippen LogP contribution in [-0.4, -0.2) is 22.6 Å². The van der Waals surface area contributed by atoms with Crippen LogP contribution in [0.25, 0.3) is 0 Å². The Morgan fingerprint density at radius 3 is 2.25 bits per heavy atom. The van der Waals surface area contributed by atoms with Gasteiger partial charge in [-0.2, -0.15) is 0 Å². The average molecular weight is 360 g/mol. The zero-order chi connectivity index (χ0) is 15.6. The Balaban J connectivity index is 2.61. The maximum Gasteiger partial charge on any atom is 0.270 e. The first-order valence-electron chi connectivity index (χ1n) is 5.90. The lowest BCUT2D eigenvalue weighted by molar-refractivity contribution is 0.396. The van der Waals surface area contributed by atoms with Crippen LogP contribution >= 0.6 is 22.0 Å². The van der Waals surface area contributed by atoms with E-state index >= 15 is 0 Å². The number of thiophene rings is 1. The molecule has 1 heterocycles. The molecule has 1 aromatic heterocycles. The molecule has 0 aromatic carbocycles. The van der Waals surface area contributed by atoms with Gasteiger partial charge in [0.2, 0.25) is 10.0 Å². The van der Waals surface area contributed by atoms with Crippen LogP contribution in [0.2, 0.25) is 0 Å². The fourth-order valence-electron chi connectivity index (χ4n) is 1.28. The third-order valence-electron chi connectivity index (χ3n) is 2.46. The zero-order valence-electron chi connectivity index (χ0n) is 11.5. The van der Waals surface area contributed by atoms with Gasteiger partial charge in [-0.25, -0.2) is 21.6 Å². The van der Waals surface area contributed by atoms with E-state index in [4.69, 9.17) is 10.7 Å². The summed E-state index contributed by atoms with van der Waals surface area (Å²) in [6, 6.07) is 2.91. The predicted octanol–water partition coefficient (Wildman–Crippen LogP) is 2.53. The zero-order valence-corrected chi connectivity index (χ0v) is 14.7. The Kier molecular flexibility index (Phi) is 5.65. The minimum Gasteiger partial charge on any atom is -0.212 e. The van der Waals surface area contributed by atoms with Crippen molar-refractivity contribution in [2.75, 3.05) is 5.75 Å². The standard InChI is InChI=1S/C11H18ClNO4S3/c1-11(2,3)6-7-19(14,15)13-8-9-4-5-10(18-9)20(12,16)17/h4-5,13H,6-8H2,1-3H3. The van der Waals surface area contributed by atoms with Gasteiger partial charge in [0.1, 0.15) is 4.21 Å². The normalized spacial score (nSPS) is 13.6. The van der Waals surface area contributed by atoms with Crippen molar-refractivity contribution in [3.63, 3.8) is 0 Å². The Bertz CT molecular complexity index is 656. The molecule has 1 aromatic rings. The summed E-state index contributed by atoms with van der Waals surface area (Å²) in [7, 11) is -1.91. The van der Waals surface area contributed by atoms with Crippen molar-refractivity contribution in [3.05, 3.63) is 17.0 Å². The van der Waals surface area contributed by atoms with Gasteiger partial charge in [-0.05, 0) is 24.0 Å². The monoisotopic (exact) mass is 359 g/mol. The molecule has 0 amide bonds. The quantitative estimate of drug-likeness (QED) is 0.791. The maximum absolute atomic E-state index is 11.8. The van der Waals surface area contributed by atoms with E-state index in [0.717, 1.165) is 11.3 Å². The maximum atomic E-state index is 11.8. The predicted molar refractivity (Wildman–Crippen MR) is 82.1 cm³/mol. The van der Waals surface area contributed by atoms with Crippen molar-refractivity contribution in [1.82, 2.24) is 4.72 Å². The molecule has 9 heteroatoms. The van der Waals surface area contributed by atoms with Gasteiger partial charge in [0.25, 0.3) is 9.05 Å². The lowest BCUT2D eigenvalue weighted by Gasteiger charge is -2.17. The first-order chi connectivity index (χ1) is 8.89. The van der Waals surface area contributed by atoms with Gasteiger partial charge in [-0.1, -0.05) is 20.8 Å². The highest BCUT2D eigenvalue weighted by molar-refractivity contribution is 8.15. The summed E-state index contributed by atoms with van der Waals surface area (Å²) in [5.74, 6) is 0.0442. The van der Waals surface area contributed by atoms with E-state index in [1.54, 1.807) is 6.07 Å². The molecule has 116 valence electrons. The van der Waals surface area contributed by atoms with Crippen LogP contribution in [0.3, 0.4) is 0 Å². The first kappa shape index (κ1) is 17.9. The summed E-state index contributed by atoms with van der Waals surface area (Å²) in [6.45, 7) is 5.99. The molecule has 5 nitrogen and oxygen atoms in total. The van der Waals surface area contributed by atoms with Crippen molar-refractivity contribution in [3.8, 4) is 0 Å². The van der Waals surface area contributed by atoms with Crippen LogP contribution < -0.4 is 4.72 Å².